The Balaban J connectivity index is 1.76. The van der Waals surface area contributed by atoms with Crippen LogP contribution in [0, 0.1) is 19.8 Å². The van der Waals surface area contributed by atoms with Gasteiger partial charge in [-0.05, 0) is 46.0 Å². The lowest BCUT2D eigenvalue weighted by atomic mass is 10.0. The van der Waals surface area contributed by atoms with Crippen molar-refractivity contribution in [2.75, 3.05) is 6.54 Å². The Kier molecular flexibility index (Phi) is 3.94. The van der Waals surface area contributed by atoms with Gasteiger partial charge in [-0.1, -0.05) is 5.16 Å². The Morgan fingerprint density at radius 2 is 2.21 bits per heavy atom. The topological polar surface area (TPSA) is 75.4 Å². The summed E-state index contributed by atoms with van der Waals surface area (Å²) < 4.78 is 5.06. The Morgan fingerprint density at radius 3 is 2.74 bits per heavy atom. The first-order chi connectivity index (χ1) is 8.90. The van der Waals surface area contributed by atoms with Crippen LogP contribution in [-0.4, -0.2) is 28.3 Å². The first-order valence-corrected chi connectivity index (χ1v) is 6.81. The van der Waals surface area contributed by atoms with Crippen molar-refractivity contribution in [3.05, 3.63) is 17.0 Å². The van der Waals surface area contributed by atoms with Crippen LogP contribution in [0.2, 0.25) is 0 Å². The Hall–Kier alpha value is -1.36. The minimum Gasteiger partial charge on any atom is -0.388 e. The fourth-order valence-electron chi connectivity index (χ4n) is 2.31. The number of hydrogen-bond acceptors (Lipinski definition) is 4. The van der Waals surface area contributed by atoms with Crippen molar-refractivity contribution in [3.8, 4) is 0 Å². The van der Waals surface area contributed by atoms with Crippen LogP contribution in [0.1, 0.15) is 43.2 Å². The number of amides is 1. The van der Waals surface area contributed by atoms with Crippen molar-refractivity contribution in [2.45, 2.75) is 52.1 Å². The summed E-state index contributed by atoms with van der Waals surface area (Å²) in [5.41, 5.74) is 1.08. The quantitative estimate of drug-likeness (QED) is 0.818. The molecule has 0 bridgehead atoms. The van der Waals surface area contributed by atoms with Gasteiger partial charge in [0, 0.05) is 18.5 Å². The zero-order valence-corrected chi connectivity index (χ0v) is 11.8. The number of aryl methyl sites for hydroxylation is 2. The van der Waals surface area contributed by atoms with Gasteiger partial charge in [-0.2, -0.15) is 0 Å². The van der Waals surface area contributed by atoms with E-state index in [2.05, 4.69) is 10.5 Å². The summed E-state index contributed by atoms with van der Waals surface area (Å²) in [7, 11) is 0. The van der Waals surface area contributed by atoms with Gasteiger partial charge < -0.3 is 14.9 Å². The van der Waals surface area contributed by atoms with Gasteiger partial charge in [-0.3, -0.25) is 4.79 Å². The molecule has 1 aliphatic carbocycles. The van der Waals surface area contributed by atoms with Crippen molar-refractivity contribution in [3.63, 3.8) is 0 Å². The van der Waals surface area contributed by atoms with Gasteiger partial charge in [-0.15, -0.1) is 0 Å². The van der Waals surface area contributed by atoms with E-state index in [1.807, 2.05) is 13.8 Å². The van der Waals surface area contributed by atoms with Gasteiger partial charge in [0.2, 0.25) is 5.91 Å². The molecule has 1 fully saturated rings. The lowest BCUT2D eigenvalue weighted by molar-refractivity contribution is -0.122. The second-order valence-corrected chi connectivity index (χ2v) is 5.71. The van der Waals surface area contributed by atoms with E-state index in [0.29, 0.717) is 25.3 Å². The van der Waals surface area contributed by atoms with E-state index in [1.165, 1.54) is 0 Å². The van der Waals surface area contributed by atoms with Crippen LogP contribution in [-0.2, 0) is 11.2 Å². The number of aromatic nitrogens is 1. The number of carbonyl (C=O) groups excluding carboxylic acids is 1. The molecule has 5 nitrogen and oxygen atoms in total. The van der Waals surface area contributed by atoms with Gasteiger partial charge in [0.05, 0.1) is 11.3 Å². The molecular weight excluding hydrogens is 244 g/mol. The van der Waals surface area contributed by atoms with Crippen molar-refractivity contribution < 1.29 is 14.4 Å². The molecule has 0 saturated heterocycles. The summed E-state index contributed by atoms with van der Waals surface area (Å²) in [6.45, 7) is 5.85. The maximum Gasteiger partial charge on any atom is 0.220 e. The van der Waals surface area contributed by atoms with Crippen molar-refractivity contribution >= 4 is 5.91 Å². The maximum atomic E-state index is 11.8. The molecule has 0 aromatic carbocycles. The molecule has 1 unspecified atom stereocenters. The van der Waals surface area contributed by atoms with Crippen LogP contribution in [0.15, 0.2) is 4.52 Å². The third-order valence-corrected chi connectivity index (χ3v) is 3.88. The number of nitrogens with one attached hydrogen (secondary N) is 1. The summed E-state index contributed by atoms with van der Waals surface area (Å²) in [5.74, 6) is 1.08. The molecule has 1 atom stereocenters. The van der Waals surface area contributed by atoms with E-state index in [9.17, 15) is 9.90 Å². The van der Waals surface area contributed by atoms with Gasteiger partial charge in [0.25, 0.3) is 0 Å². The average molecular weight is 266 g/mol. The van der Waals surface area contributed by atoms with Gasteiger partial charge >= 0.3 is 0 Å². The fourth-order valence-corrected chi connectivity index (χ4v) is 2.31. The summed E-state index contributed by atoms with van der Waals surface area (Å²) in [4.78, 5) is 11.8. The molecule has 1 heterocycles. The average Bonchev–Trinajstić information content (AvgIpc) is 3.14. The maximum absolute atomic E-state index is 11.8. The fraction of sp³-hybridized carbons (Fsp3) is 0.714. The molecule has 19 heavy (non-hydrogen) atoms. The molecule has 2 N–H and O–H groups in total. The number of hydrogen-bond donors (Lipinski definition) is 2. The van der Waals surface area contributed by atoms with Crippen LogP contribution >= 0.6 is 0 Å². The lowest BCUT2D eigenvalue weighted by Gasteiger charge is -2.23. The Labute approximate surface area is 113 Å². The van der Waals surface area contributed by atoms with Crippen LogP contribution in [0.5, 0.6) is 0 Å². The smallest absolute Gasteiger partial charge is 0.220 e. The molecule has 0 spiro atoms. The second kappa shape index (κ2) is 5.33. The number of nitrogens with zero attached hydrogens (tertiary/aromatic N) is 1. The third-order valence-electron chi connectivity index (χ3n) is 3.88. The van der Waals surface area contributed by atoms with E-state index < -0.39 is 5.60 Å². The van der Waals surface area contributed by atoms with Crippen molar-refractivity contribution in [2.24, 2.45) is 5.92 Å². The zero-order chi connectivity index (χ0) is 14.0. The zero-order valence-electron chi connectivity index (χ0n) is 11.8. The van der Waals surface area contributed by atoms with Crippen LogP contribution in [0.25, 0.3) is 0 Å². The van der Waals surface area contributed by atoms with E-state index >= 15 is 0 Å². The monoisotopic (exact) mass is 266 g/mol. The van der Waals surface area contributed by atoms with E-state index in [1.54, 1.807) is 6.92 Å². The summed E-state index contributed by atoms with van der Waals surface area (Å²) >= 11 is 0. The van der Waals surface area contributed by atoms with E-state index in [-0.39, 0.29) is 5.91 Å². The minimum atomic E-state index is -0.765. The van der Waals surface area contributed by atoms with Crippen LogP contribution in [0.4, 0.5) is 0 Å². The Bertz CT molecular complexity index is 442. The third kappa shape index (κ3) is 3.56. The molecule has 106 valence electrons. The van der Waals surface area contributed by atoms with Gasteiger partial charge in [0.1, 0.15) is 5.76 Å². The second-order valence-electron chi connectivity index (χ2n) is 5.71. The molecule has 2 rings (SSSR count). The number of carbonyl (C=O) groups is 1. The van der Waals surface area contributed by atoms with Gasteiger partial charge in [-0.25, -0.2) is 0 Å². The van der Waals surface area contributed by atoms with Crippen molar-refractivity contribution in [1.29, 1.82) is 0 Å². The van der Waals surface area contributed by atoms with Gasteiger partial charge in [0.15, 0.2) is 0 Å². The lowest BCUT2D eigenvalue weighted by Crippen LogP contribution is -2.42. The van der Waals surface area contributed by atoms with Crippen molar-refractivity contribution in [1.82, 2.24) is 10.5 Å². The highest BCUT2D eigenvalue weighted by molar-refractivity contribution is 5.76. The molecular formula is C14H22N2O3. The summed E-state index contributed by atoms with van der Waals surface area (Å²) in [5, 5.41) is 16.8. The van der Waals surface area contributed by atoms with Crippen LogP contribution in [0.3, 0.4) is 0 Å². The minimum absolute atomic E-state index is 0.0408. The molecule has 1 aromatic rings. The molecule has 1 amide bonds. The molecule has 5 heteroatoms. The first kappa shape index (κ1) is 14.1. The Morgan fingerprint density at radius 1 is 1.53 bits per heavy atom. The molecule has 0 aliphatic heterocycles. The largest absolute Gasteiger partial charge is 0.388 e. The predicted molar refractivity (Wildman–Crippen MR) is 70.7 cm³/mol. The highest BCUT2D eigenvalue weighted by atomic mass is 16.5. The highest BCUT2D eigenvalue weighted by Gasteiger charge is 2.39. The molecule has 0 radical (unpaired) electrons. The standard InChI is InChI=1S/C14H22N2O3/c1-9-12(10(2)19-16-9)6-7-13(17)15-8-14(3,18)11-4-5-11/h11,18H,4-8H2,1-3H3,(H,15,17). The SMILES string of the molecule is Cc1noc(C)c1CCC(=O)NCC(C)(O)C1CC1. The molecule has 1 saturated carbocycles. The predicted octanol–water partition coefficient (Wildman–Crippen LogP) is 1.50. The summed E-state index contributed by atoms with van der Waals surface area (Å²) in [6.07, 6.45) is 3.13. The highest BCUT2D eigenvalue weighted by Crippen LogP contribution is 2.38. The first-order valence-electron chi connectivity index (χ1n) is 6.81. The molecule has 1 aromatic heterocycles. The van der Waals surface area contributed by atoms with E-state index in [4.69, 9.17) is 4.52 Å². The summed E-state index contributed by atoms with van der Waals surface area (Å²) in [6, 6.07) is 0. The number of rotatable bonds is 6. The number of aliphatic hydroxyl groups is 1. The molecule has 1 aliphatic rings. The normalized spacial score (nSPS) is 18.1. The van der Waals surface area contributed by atoms with E-state index in [0.717, 1.165) is 29.9 Å². The van der Waals surface area contributed by atoms with Crippen LogP contribution < -0.4 is 5.32 Å².